The van der Waals surface area contributed by atoms with Crippen LogP contribution in [-0.4, -0.2) is 28.5 Å². The summed E-state index contributed by atoms with van der Waals surface area (Å²) < 4.78 is 0. The zero-order valence-electron chi connectivity index (χ0n) is 9.68. The fourth-order valence-electron chi connectivity index (χ4n) is 1.67. The van der Waals surface area contributed by atoms with Crippen molar-refractivity contribution in [1.82, 2.24) is 10.3 Å². The van der Waals surface area contributed by atoms with Crippen LogP contribution < -0.4 is 11.1 Å². The van der Waals surface area contributed by atoms with Gasteiger partial charge in [-0.3, -0.25) is 14.6 Å². The first-order chi connectivity index (χ1) is 9.00. The van der Waals surface area contributed by atoms with Crippen LogP contribution in [0.15, 0.2) is 24.4 Å². The fraction of sp³-hybridized carbons (Fsp3) is 0.0833. The Morgan fingerprint density at radius 2 is 2.05 bits per heavy atom. The first kappa shape index (κ1) is 13.1. The van der Waals surface area contributed by atoms with Crippen molar-refractivity contribution in [2.75, 3.05) is 12.3 Å². The highest BCUT2D eigenvalue weighted by Gasteiger charge is 2.14. The van der Waals surface area contributed by atoms with Gasteiger partial charge in [-0.1, -0.05) is 17.7 Å². The minimum Gasteiger partial charge on any atom is -0.480 e. The van der Waals surface area contributed by atoms with Gasteiger partial charge in [0.25, 0.3) is 5.91 Å². The Labute approximate surface area is 113 Å². The highest BCUT2D eigenvalue weighted by molar-refractivity contribution is 6.34. The van der Waals surface area contributed by atoms with Crippen LogP contribution in [0.25, 0.3) is 10.8 Å². The van der Waals surface area contributed by atoms with Crippen LogP contribution in [0, 0.1) is 0 Å². The Bertz CT molecular complexity index is 673. The van der Waals surface area contributed by atoms with Crippen LogP contribution >= 0.6 is 11.6 Å². The first-order valence-electron chi connectivity index (χ1n) is 5.33. The van der Waals surface area contributed by atoms with Crippen LogP contribution in [0.2, 0.25) is 5.02 Å². The molecule has 0 bridgehead atoms. The minimum atomic E-state index is -1.13. The molecule has 0 aliphatic rings. The molecule has 1 heterocycles. The molecule has 0 saturated heterocycles. The molecule has 4 N–H and O–H groups in total. The van der Waals surface area contributed by atoms with Crippen molar-refractivity contribution in [1.29, 1.82) is 0 Å². The molecule has 0 unspecified atom stereocenters. The van der Waals surface area contributed by atoms with Crippen LogP contribution in [-0.2, 0) is 4.79 Å². The number of halogens is 1. The lowest BCUT2D eigenvalue weighted by atomic mass is 10.1. The van der Waals surface area contributed by atoms with Gasteiger partial charge >= 0.3 is 5.97 Å². The van der Waals surface area contributed by atoms with Crippen LogP contribution in [0.3, 0.4) is 0 Å². The molecule has 2 aromatic rings. The molecule has 0 fully saturated rings. The zero-order valence-corrected chi connectivity index (χ0v) is 10.4. The van der Waals surface area contributed by atoms with Crippen LogP contribution in [0.5, 0.6) is 0 Å². The van der Waals surface area contributed by atoms with E-state index in [1.54, 1.807) is 18.2 Å². The number of hydrogen-bond acceptors (Lipinski definition) is 4. The summed E-state index contributed by atoms with van der Waals surface area (Å²) >= 11 is 5.90. The number of rotatable bonds is 3. The van der Waals surface area contributed by atoms with E-state index in [-0.39, 0.29) is 5.69 Å². The summed E-state index contributed by atoms with van der Waals surface area (Å²) in [6.45, 7) is -0.472. The lowest BCUT2D eigenvalue weighted by molar-refractivity contribution is -0.135. The van der Waals surface area contributed by atoms with Gasteiger partial charge in [-0.2, -0.15) is 0 Å². The minimum absolute atomic E-state index is 0.113. The number of fused-ring (bicyclic) bond motifs is 1. The number of nitrogens with one attached hydrogen (secondary N) is 1. The highest BCUT2D eigenvalue weighted by Crippen LogP contribution is 2.29. The number of carbonyl (C=O) groups excluding carboxylic acids is 1. The average Bonchev–Trinajstić information content (AvgIpc) is 2.39. The van der Waals surface area contributed by atoms with E-state index in [0.29, 0.717) is 21.5 Å². The number of nitrogens with zero attached hydrogens (tertiary/aromatic N) is 1. The number of carboxylic acid groups (broad SMARTS) is 1. The Hall–Kier alpha value is -2.34. The maximum Gasteiger partial charge on any atom is 0.322 e. The summed E-state index contributed by atoms with van der Waals surface area (Å²) in [5, 5.41) is 12.3. The second kappa shape index (κ2) is 5.11. The van der Waals surface area contributed by atoms with E-state index in [1.807, 2.05) is 0 Å². The molecule has 0 saturated carbocycles. The second-order valence-electron chi connectivity index (χ2n) is 3.79. The van der Waals surface area contributed by atoms with Crippen molar-refractivity contribution in [3.63, 3.8) is 0 Å². The largest absolute Gasteiger partial charge is 0.480 e. The SMILES string of the molecule is Nc1c(Cl)ccc2c(C(=O)NCC(=O)O)nccc12. The molecule has 0 aliphatic heterocycles. The molecule has 1 aromatic heterocycles. The normalized spacial score (nSPS) is 10.4. The van der Waals surface area contributed by atoms with E-state index < -0.39 is 18.4 Å². The highest BCUT2D eigenvalue weighted by atomic mass is 35.5. The molecule has 1 amide bonds. The number of pyridine rings is 1. The Balaban J connectivity index is 2.47. The number of anilines is 1. The van der Waals surface area contributed by atoms with Gasteiger partial charge in [0, 0.05) is 17.0 Å². The van der Waals surface area contributed by atoms with Crippen LogP contribution in [0.1, 0.15) is 10.5 Å². The standard InChI is InChI=1S/C12H10ClN3O3/c13-8-2-1-7-6(10(8)14)3-4-15-11(7)12(19)16-5-9(17)18/h1-4H,5,14H2,(H,16,19)(H,17,18). The van der Waals surface area contributed by atoms with Crippen molar-refractivity contribution in [3.8, 4) is 0 Å². The summed E-state index contributed by atoms with van der Waals surface area (Å²) in [4.78, 5) is 26.2. The maximum absolute atomic E-state index is 11.8. The number of hydrogen-bond donors (Lipinski definition) is 3. The third-order valence-electron chi connectivity index (χ3n) is 2.55. The van der Waals surface area contributed by atoms with Crippen molar-refractivity contribution in [2.45, 2.75) is 0 Å². The van der Waals surface area contributed by atoms with Crippen molar-refractivity contribution in [2.24, 2.45) is 0 Å². The van der Waals surface area contributed by atoms with Gasteiger partial charge < -0.3 is 16.2 Å². The Morgan fingerprint density at radius 3 is 2.74 bits per heavy atom. The van der Waals surface area contributed by atoms with E-state index in [4.69, 9.17) is 22.4 Å². The number of amides is 1. The van der Waals surface area contributed by atoms with Crippen LogP contribution in [0.4, 0.5) is 5.69 Å². The van der Waals surface area contributed by atoms with E-state index >= 15 is 0 Å². The number of carbonyl (C=O) groups is 2. The second-order valence-corrected chi connectivity index (χ2v) is 4.20. The third-order valence-corrected chi connectivity index (χ3v) is 2.88. The molecule has 19 heavy (non-hydrogen) atoms. The quantitative estimate of drug-likeness (QED) is 0.734. The van der Waals surface area contributed by atoms with E-state index in [2.05, 4.69) is 10.3 Å². The topological polar surface area (TPSA) is 105 Å². The number of benzene rings is 1. The van der Waals surface area contributed by atoms with E-state index in [1.165, 1.54) is 6.20 Å². The number of aromatic nitrogens is 1. The molecule has 2 rings (SSSR count). The van der Waals surface area contributed by atoms with Gasteiger partial charge in [0.15, 0.2) is 0 Å². The Morgan fingerprint density at radius 1 is 1.32 bits per heavy atom. The number of nitrogen functional groups attached to an aromatic ring is 1. The molecule has 1 aromatic carbocycles. The van der Waals surface area contributed by atoms with Gasteiger partial charge in [-0.25, -0.2) is 0 Å². The third kappa shape index (κ3) is 2.58. The van der Waals surface area contributed by atoms with Crippen molar-refractivity contribution in [3.05, 3.63) is 35.1 Å². The van der Waals surface area contributed by atoms with Gasteiger partial charge in [0.2, 0.25) is 0 Å². The number of aliphatic carboxylic acids is 1. The fourth-order valence-corrected chi connectivity index (χ4v) is 1.84. The zero-order chi connectivity index (χ0) is 14.0. The maximum atomic E-state index is 11.8. The molecular weight excluding hydrogens is 270 g/mol. The summed E-state index contributed by atoms with van der Waals surface area (Å²) in [6, 6.07) is 4.83. The molecule has 0 aliphatic carbocycles. The Kier molecular flexibility index (Phi) is 3.52. The van der Waals surface area contributed by atoms with Crippen molar-refractivity contribution >= 4 is 39.9 Å². The van der Waals surface area contributed by atoms with Gasteiger partial charge in [-0.15, -0.1) is 0 Å². The molecule has 6 nitrogen and oxygen atoms in total. The summed E-state index contributed by atoms with van der Waals surface area (Å²) in [7, 11) is 0. The van der Waals surface area contributed by atoms with E-state index in [9.17, 15) is 9.59 Å². The summed E-state index contributed by atoms with van der Waals surface area (Å²) in [6.07, 6.45) is 1.42. The molecule has 98 valence electrons. The molecule has 0 atom stereocenters. The summed E-state index contributed by atoms with van der Waals surface area (Å²) in [5.41, 5.74) is 6.29. The van der Waals surface area contributed by atoms with Gasteiger partial charge in [0.05, 0.1) is 10.7 Å². The number of carboxylic acids is 1. The number of nitrogens with two attached hydrogens (primary N) is 1. The van der Waals surface area contributed by atoms with E-state index in [0.717, 1.165) is 0 Å². The predicted octanol–water partition coefficient (Wildman–Crippen LogP) is 1.28. The molecular formula is C12H10ClN3O3. The lowest BCUT2D eigenvalue weighted by Crippen LogP contribution is -2.30. The molecule has 7 heteroatoms. The summed E-state index contributed by atoms with van der Waals surface area (Å²) in [5.74, 6) is -1.70. The van der Waals surface area contributed by atoms with Crippen molar-refractivity contribution < 1.29 is 14.7 Å². The smallest absolute Gasteiger partial charge is 0.322 e. The van der Waals surface area contributed by atoms with Gasteiger partial charge in [0.1, 0.15) is 12.2 Å². The molecule has 0 radical (unpaired) electrons. The predicted molar refractivity (Wildman–Crippen MR) is 71.1 cm³/mol. The lowest BCUT2D eigenvalue weighted by Gasteiger charge is -2.08. The van der Waals surface area contributed by atoms with Gasteiger partial charge in [-0.05, 0) is 12.1 Å². The first-order valence-corrected chi connectivity index (χ1v) is 5.71. The molecule has 0 spiro atoms. The monoisotopic (exact) mass is 279 g/mol. The average molecular weight is 280 g/mol.